The van der Waals surface area contributed by atoms with Gasteiger partial charge in [0.1, 0.15) is 0 Å². The highest BCUT2D eigenvalue weighted by atomic mass is 14.0. The van der Waals surface area contributed by atoms with E-state index in [1.807, 2.05) is 6.08 Å². The third-order valence-corrected chi connectivity index (χ3v) is 9.72. The third-order valence-electron chi connectivity index (χ3n) is 9.72. The lowest BCUT2D eigenvalue weighted by Gasteiger charge is -2.04. The van der Waals surface area contributed by atoms with Gasteiger partial charge in [-0.2, -0.15) is 0 Å². The van der Waals surface area contributed by atoms with Crippen LogP contribution in [0.3, 0.4) is 0 Å². The maximum absolute atomic E-state index is 3.75. The van der Waals surface area contributed by atoms with E-state index in [4.69, 9.17) is 0 Å². The Bertz CT molecular complexity index is 425. The molecule has 0 nitrogen and oxygen atoms in total. The van der Waals surface area contributed by atoms with E-state index in [2.05, 4.69) is 27.4 Å². The molecule has 0 aromatic heterocycles. The maximum atomic E-state index is 3.75. The molecule has 0 aromatic rings. The molecule has 0 aliphatic rings. The Morgan fingerprint density at radius 1 is 0.227 bits per heavy atom. The maximum Gasteiger partial charge on any atom is -0.0353 e. The normalized spacial score (nSPS) is 11.1. The summed E-state index contributed by atoms with van der Waals surface area (Å²) < 4.78 is 0. The molecule has 0 radical (unpaired) electrons. The van der Waals surface area contributed by atoms with Crippen LogP contribution in [0.25, 0.3) is 0 Å². The Hall–Kier alpha value is -0.260. The van der Waals surface area contributed by atoms with Crippen LogP contribution in [0.1, 0.15) is 271 Å². The van der Waals surface area contributed by atoms with Crippen LogP contribution in [0.4, 0.5) is 0 Å². The predicted octanol–water partition coefficient (Wildman–Crippen LogP) is 17.4. The van der Waals surface area contributed by atoms with Crippen molar-refractivity contribution in [3.8, 4) is 0 Å². The fraction of sp³-hybridized carbons (Fsp3) is 0.955. The van der Waals surface area contributed by atoms with Crippen LogP contribution >= 0.6 is 0 Å². The monoisotopic (exact) mass is 619 g/mol. The molecule has 0 heterocycles. The minimum Gasteiger partial charge on any atom is -0.103 e. The van der Waals surface area contributed by atoms with Crippen LogP contribution in [0.15, 0.2) is 12.7 Å². The quantitative estimate of drug-likeness (QED) is 0.0477. The van der Waals surface area contributed by atoms with E-state index in [-0.39, 0.29) is 0 Å². The summed E-state index contributed by atoms with van der Waals surface area (Å²) in [4.78, 5) is 0. The molecular weight excluding hydrogens is 528 g/mol. The Labute approximate surface area is 283 Å². The topological polar surface area (TPSA) is 0 Å². The van der Waals surface area contributed by atoms with Crippen molar-refractivity contribution >= 4 is 0 Å². The molecule has 0 heteroatoms. The molecule has 266 valence electrons. The summed E-state index contributed by atoms with van der Waals surface area (Å²) in [7, 11) is 0. The van der Waals surface area contributed by atoms with Crippen molar-refractivity contribution in [2.75, 3.05) is 0 Å². The van der Waals surface area contributed by atoms with Gasteiger partial charge in [0, 0.05) is 0 Å². The van der Waals surface area contributed by atoms with Crippen molar-refractivity contribution in [3.05, 3.63) is 12.7 Å². The second kappa shape index (κ2) is 47.2. The van der Waals surface area contributed by atoms with Crippen molar-refractivity contribution in [2.24, 2.45) is 0 Å². The minimum atomic E-state index is 1.21. The van der Waals surface area contributed by atoms with Gasteiger partial charge >= 0.3 is 0 Å². The Kier molecular flexibility index (Phi) is 49.1. The van der Waals surface area contributed by atoms with Crippen molar-refractivity contribution < 1.29 is 0 Å². The molecule has 0 aromatic carbocycles. The summed E-state index contributed by atoms with van der Waals surface area (Å²) in [6.07, 6.45) is 58.9. The van der Waals surface area contributed by atoms with Crippen molar-refractivity contribution in [1.29, 1.82) is 0 Å². The van der Waals surface area contributed by atoms with E-state index >= 15 is 0 Å². The summed E-state index contributed by atoms with van der Waals surface area (Å²) >= 11 is 0. The predicted molar refractivity (Wildman–Crippen MR) is 207 cm³/mol. The largest absolute Gasteiger partial charge is 0.103 e. The number of hydrogen-bond acceptors (Lipinski definition) is 0. The minimum absolute atomic E-state index is 1.21. The van der Waals surface area contributed by atoms with Gasteiger partial charge in [-0.3, -0.25) is 0 Å². The molecule has 0 aliphatic carbocycles. The summed E-state index contributed by atoms with van der Waals surface area (Å²) in [6.45, 7) is 10.6. The highest BCUT2D eigenvalue weighted by Crippen LogP contribution is 2.16. The molecule has 0 amide bonds. The molecule has 0 unspecified atom stereocenters. The molecule has 0 saturated heterocycles. The Balaban J connectivity index is 0. The molecule has 44 heavy (non-hydrogen) atoms. The van der Waals surface area contributed by atoms with Crippen molar-refractivity contribution in [3.63, 3.8) is 0 Å². The number of rotatable bonds is 38. The van der Waals surface area contributed by atoms with Crippen LogP contribution in [0.2, 0.25) is 0 Å². The molecular formula is C44H90. The molecule has 0 bridgehead atoms. The summed E-state index contributed by atoms with van der Waals surface area (Å²) in [5.41, 5.74) is 0. The Morgan fingerprint density at radius 2 is 0.364 bits per heavy atom. The number of unbranched alkanes of at least 4 members (excludes halogenated alkanes) is 37. The number of allylic oxidation sites excluding steroid dienone is 1. The van der Waals surface area contributed by atoms with Crippen LogP contribution in [0, 0.1) is 0 Å². The van der Waals surface area contributed by atoms with Gasteiger partial charge in [0.2, 0.25) is 0 Å². The van der Waals surface area contributed by atoms with Gasteiger partial charge in [0.05, 0.1) is 0 Å². The lowest BCUT2D eigenvalue weighted by atomic mass is 10.0. The van der Waals surface area contributed by atoms with Crippen molar-refractivity contribution in [2.45, 2.75) is 271 Å². The zero-order chi connectivity index (χ0) is 32.3. The SMILES string of the molecule is C=CCCCCCCCCCCCCCC.CCCCCCCCCCCCCCCCCCCCCCCCCCCC. The van der Waals surface area contributed by atoms with Crippen molar-refractivity contribution in [1.82, 2.24) is 0 Å². The van der Waals surface area contributed by atoms with Gasteiger partial charge in [-0.1, -0.05) is 264 Å². The summed E-state index contributed by atoms with van der Waals surface area (Å²) in [5.74, 6) is 0. The van der Waals surface area contributed by atoms with Gasteiger partial charge in [-0.25, -0.2) is 0 Å². The molecule has 0 rings (SSSR count). The molecule has 0 N–H and O–H groups in total. The van der Waals surface area contributed by atoms with Crippen LogP contribution in [0.5, 0.6) is 0 Å². The van der Waals surface area contributed by atoms with E-state index in [9.17, 15) is 0 Å². The van der Waals surface area contributed by atoms with E-state index in [0.717, 1.165) is 0 Å². The second-order valence-corrected chi connectivity index (χ2v) is 14.5. The fourth-order valence-electron chi connectivity index (χ4n) is 6.52. The third kappa shape index (κ3) is 48.6. The van der Waals surface area contributed by atoms with E-state index in [0.29, 0.717) is 0 Å². The first-order valence-electron chi connectivity index (χ1n) is 21.4. The average Bonchev–Trinajstić information content (AvgIpc) is 3.04. The Morgan fingerprint density at radius 3 is 0.500 bits per heavy atom. The summed E-state index contributed by atoms with van der Waals surface area (Å²) in [5, 5.41) is 0. The van der Waals surface area contributed by atoms with Crippen LogP contribution < -0.4 is 0 Å². The number of hydrogen-bond donors (Lipinski definition) is 0. The first-order valence-corrected chi connectivity index (χ1v) is 21.4. The second-order valence-electron chi connectivity index (χ2n) is 14.5. The van der Waals surface area contributed by atoms with E-state index in [1.54, 1.807) is 0 Å². The highest BCUT2D eigenvalue weighted by Gasteiger charge is 1.96. The molecule has 0 atom stereocenters. The van der Waals surface area contributed by atoms with Gasteiger partial charge < -0.3 is 0 Å². The average molecular weight is 619 g/mol. The molecule has 0 aliphatic heterocycles. The van der Waals surface area contributed by atoms with Gasteiger partial charge in [-0.15, -0.1) is 6.58 Å². The first kappa shape index (κ1) is 45.9. The van der Waals surface area contributed by atoms with E-state index < -0.39 is 0 Å². The molecule has 0 spiro atoms. The van der Waals surface area contributed by atoms with Gasteiger partial charge in [0.25, 0.3) is 0 Å². The lowest BCUT2D eigenvalue weighted by molar-refractivity contribution is 0.516. The van der Waals surface area contributed by atoms with Crippen LogP contribution in [-0.2, 0) is 0 Å². The zero-order valence-electron chi connectivity index (χ0n) is 31.9. The standard InChI is InChI=1S/C28H58.C16H32/c1-3-5-7-9-11-13-15-17-19-21-23-25-27-28-26-24-22-20-18-16-14-12-10-8-6-4-2;1-3-5-7-9-11-13-15-16-14-12-10-8-6-4-2/h3-28H2,1-2H3;3H,1,4-16H2,2H3. The summed E-state index contributed by atoms with van der Waals surface area (Å²) in [6, 6.07) is 0. The highest BCUT2D eigenvalue weighted by molar-refractivity contribution is 4.65. The van der Waals surface area contributed by atoms with E-state index in [1.165, 1.54) is 250 Å². The molecule has 0 fully saturated rings. The fourth-order valence-corrected chi connectivity index (χ4v) is 6.52. The smallest absolute Gasteiger partial charge is 0.0353 e. The van der Waals surface area contributed by atoms with Crippen LogP contribution in [-0.4, -0.2) is 0 Å². The lowest BCUT2D eigenvalue weighted by Crippen LogP contribution is -1.84. The first-order chi connectivity index (χ1) is 21.8. The van der Waals surface area contributed by atoms with Gasteiger partial charge in [0.15, 0.2) is 0 Å². The van der Waals surface area contributed by atoms with Gasteiger partial charge in [-0.05, 0) is 12.8 Å². The molecule has 0 saturated carbocycles. The zero-order valence-corrected chi connectivity index (χ0v) is 31.9.